The summed E-state index contributed by atoms with van der Waals surface area (Å²) in [6.45, 7) is 6.10. The maximum atomic E-state index is 14.6. The van der Waals surface area contributed by atoms with Crippen LogP contribution in [0.1, 0.15) is 96.0 Å². The van der Waals surface area contributed by atoms with Crippen LogP contribution in [0.3, 0.4) is 0 Å². The van der Waals surface area contributed by atoms with Crippen molar-refractivity contribution in [3.63, 3.8) is 0 Å². The molecular formula is C26H40F2O3. The molecule has 0 N–H and O–H groups in total. The zero-order valence-electron chi connectivity index (χ0n) is 19.3. The van der Waals surface area contributed by atoms with E-state index < -0.39 is 11.6 Å². The third kappa shape index (κ3) is 7.15. The van der Waals surface area contributed by atoms with Gasteiger partial charge in [0.25, 0.3) is 0 Å². The maximum Gasteiger partial charge on any atom is 0.200 e. The van der Waals surface area contributed by atoms with Crippen molar-refractivity contribution in [2.75, 3.05) is 19.8 Å². The van der Waals surface area contributed by atoms with Gasteiger partial charge in [-0.05, 0) is 74.8 Å². The van der Waals surface area contributed by atoms with Crippen molar-refractivity contribution in [3.05, 3.63) is 29.3 Å². The van der Waals surface area contributed by atoms with Crippen molar-refractivity contribution in [1.29, 1.82) is 0 Å². The maximum absolute atomic E-state index is 14.6. The van der Waals surface area contributed by atoms with Crippen LogP contribution in [0.25, 0.3) is 0 Å². The van der Waals surface area contributed by atoms with E-state index >= 15 is 0 Å². The summed E-state index contributed by atoms with van der Waals surface area (Å²) >= 11 is 0. The summed E-state index contributed by atoms with van der Waals surface area (Å²) in [5, 5.41) is 0. The van der Waals surface area contributed by atoms with Crippen LogP contribution in [-0.2, 0) is 9.47 Å². The highest BCUT2D eigenvalue weighted by Crippen LogP contribution is 2.37. The summed E-state index contributed by atoms with van der Waals surface area (Å²) in [7, 11) is 0. The Balaban J connectivity index is 1.38. The fraction of sp³-hybridized carbons (Fsp3) is 0.769. The Morgan fingerprint density at radius 3 is 2.42 bits per heavy atom. The number of halogens is 2. The molecule has 2 unspecified atom stereocenters. The molecule has 0 bridgehead atoms. The first kappa shape index (κ1) is 24.4. The molecule has 1 heterocycles. The van der Waals surface area contributed by atoms with Gasteiger partial charge in [-0.1, -0.05) is 39.2 Å². The average molecular weight is 439 g/mol. The normalized spacial score (nSPS) is 26.7. The molecule has 1 aliphatic heterocycles. The van der Waals surface area contributed by atoms with Gasteiger partial charge in [-0.2, -0.15) is 4.39 Å². The standard InChI is InChI=1S/C26H40F2O3/c1-3-5-6-7-19-8-11-22(30-17-19)18-31-21-12-9-20(10-13-21)23-14-15-24(29-16-4-2)26(28)25(23)27/h14-15,19-22H,3-13,16-18H2,1-2H3. The van der Waals surface area contributed by atoms with Gasteiger partial charge >= 0.3 is 0 Å². The van der Waals surface area contributed by atoms with Crippen molar-refractivity contribution in [1.82, 2.24) is 0 Å². The van der Waals surface area contributed by atoms with E-state index in [4.69, 9.17) is 14.2 Å². The molecule has 1 aromatic rings. The Morgan fingerprint density at radius 2 is 1.74 bits per heavy atom. The predicted molar refractivity (Wildman–Crippen MR) is 120 cm³/mol. The first-order valence-corrected chi connectivity index (χ1v) is 12.5. The van der Waals surface area contributed by atoms with Crippen LogP contribution in [0.2, 0.25) is 0 Å². The predicted octanol–water partition coefficient (Wildman–Crippen LogP) is 7.17. The Bertz CT molecular complexity index is 650. The summed E-state index contributed by atoms with van der Waals surface area (Å²) in [6.07, 6.45) is 12.1. The lowest BCUT2D eigenvalue weighted by Crippen LogP contribution is -2.32. The van der Waals surface area contributed by atoms with E-state index in [0.717, 1.165) is 45.1 Å². The third-order valence-corrected chi connectivity index (χ3v) is 6.85. The molecule has 2 aliphatic rings. The van der Waals surface area contributed by atoms with Crippen molar-refractivity contribution < 1.29 is 23.0 Å². The molecule has 31 heavy (non-hydrogen) atoms. The minimum Gasteiger partial charge on any atom is -0.490 e. The van der Waals surface area contributed by atoms with E-state index in [1.165, 1.54) is 32.1 Å². The Labute approximate surface area is 186 Å². The highest BCUT2D eigenvalue weighted by atomic mass is 19.2. The molecule has 0 spiro atoms. The molecule has 1 aromatic carbocycles. The number of unbranched alkanes of at least 4 members (excludes halogenated alkanes) is 2. The van der Waals surface area contributed by atoms with Crippen LogP contribution in [0, 0.1) is 17.6 Å². The van der Waals surface area contributed by atoms with Crippen LogP contribution in [0.4, 0.5) is 8.78 Å². The SMILES string of the molecule is CCCCCC1CCC(COC2CCC(c3ccc(OCCC)c(F)c3F)CC2)OC1. The molecule has 1 saturated carbocycles. The van der Waals surface area contributed by atoms with Gasteiger partial charge < -0.3 is 14.2 Å². The Kier molecular flexibility index (Phi) is 10.0. The molecule has 176 valence electrons. The second kappa shape index (κ2) is 12.7. The van der Waals surface area contributed by atoms with Crippen LogP contribution in [-0.4, -0.2) is 32.0 Å². The van der Waals surface area contributed by atoms with E-state index in [-0.39, 0.29) is 23.9 Å². The Hall–Kier alpha value is -1.20. The van der Waals surface area contributed by atoms with E-state index in [9.17, 15) is 8.78 Å². The second-order valence-corrected chi connectivity index (χ2v) is 9.33. The summed E-state index contributed by atoms with van der Waals surface area (Å²) < 4.78 is 46.4. The topological polar surface area (TPSA) is 27.7 Å². The largest absolute Gasteiger partial charge is 0.490 e. The second-order valence-electron chi connectivity index (χ2n) is 9.33. The molecule has 0 radical (unpaired) electrons. The smallest absolute Gasteiger partial charge is 0.200 e. The number of hydrogen-bond donors (Lipinski definition) is 0. The number of hydrogen-bond acceptors (Lipinski definition) is 3. The van der Waals surface area contributed by atoms with Crippen LogP contribution < -0.4 is 4.74 Å². The zero-order chi connectivity index (χ0) is 22.1. The van der Waals surface area contributed by atoms with E-state index in [1.807, 2.05) is 6.92 Å². The van der Waals surface area contributed by atoms with Gasteiger partial charge in [-0.25, -0.2) is 4.39 Å². The summed E-state index contributed by atoms with van der Waals surface area (Å²) in [6, 6.07) is 3.27. The summed E-state index contributed by atoms with van der Waals surface area (Å²) in [5.74, 6) is -0.828. The molecule has 1 aliphatic carbocycles. The number of benzene rings is 1. The van der Waals surface area contributed by atoms with Gasteiger partial charge in [-0.15, -0.1) is 0 Å². The van der Waals surface area contributed by atoms with Gasteiger partial charge in [0.05, 0.1) is 25.4 Å². The molecule has 0 aromatic heterocycles. The molecule has 2 fully saturated rings. The fourth-order valence-corrected chi connectivity index (χ4v) is 4.87. The van der Waals surface area contributed by atoms with Crippen LogP contribution in [0.15, 0.2) is 12.1 Å². The van der Waals surface area contributed by atoms with Gasteiger partial charge in [0.15, 0.2) is 11.6 Å². The highest BCUT2D eigenvalue weighted by Gasteiger charge is 2.28. The molecule has 3 rings (SSSR count). The van der Waals surface area contributed by atoms with Gasteiger partial charge in [-0.3, -0.25) is 0 Å². The fourth-order valence-electron chi connectivity index (χ4n) is 4.87. The number of rotatable bonds is 11. The molecular weight excluding hydrogens is 398 g/mol. The van der Waals surface area contributed by atoms with Crippen molar-refractivity contribution in [2.45, 2.75) is 103 Å². The zero-order valence-corrected chi connectivity index (χ0v) is 19.3. The summed E-state index contributed by atoms with van der Waals surface area (Å²) in [4.78, 5) is 0. The van der Waals surface area contributed by atoms with Crippen molar-refractivity contribution in [3.8, 4) is 5.75 Å². The van der Waals surface area contributed by atoms with Crippen LogP contribution in [0.5, 0.6) is 5.75 Å². The monoisotopic (exact) mass is 438 g/mol. The molecule has 2 atom stereocenters. The number of ether oxygens (including phenoxy) is 3. The molecule has 5 heteroatoms. The minimum absolute atomic E-state index is 0.0141. The van der Waals surface area contributed by atoms with Gasteiger partial charge in [0.1, 0.15) is 0 Å². The molecule has 3 nitrogen and oxygen atoms in total. The van der Waals surface area contributed by atoms with Gasteiger partial charge in [0, 0.05) is 6.61 Å². The highest BCUT2D eigenvalue weighted by molar-refractivity contribution is 5.33. The summed E-state index contributed by atoms with van der Waals surface area (Å²) in [5.41, 5.74) is 0.476. The van der Waals surface area contributed by atoms with Crippen LogP contribution >= 0.6 is 0 Å². The Morgan fingerprint density at radius 1 is 0.935 bits per heavy atom. The lowest BCUT2D eigenvalue weighted by atomic mass is 9.82. The first-order chi connectivity index (χ1) is 15.1. The lowest BCUT2D eigenvalue weighted by molar-refractivity contribution is -0.0858. The van der Waals surface area contributed by atoms with Crippen molar-refractivity contribution >= 4 is 0 Å². The third-order valence-electron chi connectivity index (χ3n) is 6.85. The van der Waals surface area contributed by atoms with Gasteiger partial charge in [0.2, 0.25) is 5.82 Å². The van der Waals surface area contributed by atoms with E-state index in [0.29, 0.717) is 24.7 Å². The van der Waals surface area contributed by atoms with Crippen molar-refractivity contribution in [2.24, 2.45) is 5.92 Å². The molecule has 1 saturated heterocycles. The lowest BCUT2D eigenvalue weighted by Gasteiger charge is -2.32. The average Bonchev–Trinajstić information content (AvgIpc) is 2.80. The quantitative estimate of drug-likeness (QED) is 0.343. The van der Waals surface area contributed by atoms with E-state index in [1.54, 1.807) is 12.1 Å². The molecule has 0 amide bonds. The minimum atomic E-state index is -0.855. The van der Waals surface area contributed by atoms with E-state index in [2.05, 4.69) is 6.92 Å². The first-order valence-electron chi connectivity index (χ1n) is 12.5.